The van der Waals surface area contributed by atoms with Crippen molar-refractivity contribution >= 4 is 11.9 Å². The monoisotopic (exact) mass is 195 g/mol. The van der Waals surface area contributed by atoms with Gasteiger partial charge in [0.05, 0.1) is 6.20 Å². The molecule has 6 heteroatoms. The van der Waals surface area contributed by atoms with Gasteiger partial charge in [-0.3, -0.25) is 9.89 Å². The first-order valence-electron chi connectivity index (χ1n) is 4.26. The lowest BCUT2D eigenvalue weighted by Crippen LogP contribution is -2.27. The molecule has 14 heavy (non-hydrogen) atoms. The zero-order valence-corrected chi connectivity index (χ0v) is 7.28. The van der Waals surface area contributed by atoms with Gasteiger partial charge in [-0.2, -0.15) is 5.10 Å². The van der Waals surface area contributed by atoms with Gasteiger partial charge in [0.1, 0.15) is 11.3 Å². The van der Waals surface area contributed by atoms with Crippen LogP contribution in [-0.4, -0.2) is 33.2 Å². The maximum atomic E-state index is 11.4. The van der Waals surface area contributed by atoms with Gasteiger partial charge in [0.25, 0.3) is 5.91 Å². The number of aromatic amines is 1. The number of carbonyl (C=O) groups excluding carboxylic acids is 1. The molecule has 1 fully saturated rings. The van der Waals surface area contributed by atoms with Crippen molar-refractivity contribution in [2.75, 3.05) is 0 Å². The van der Waals surface area contributed by atoms with Crippen LogP contribution >= 0.6 is 0 Å². The van der Waals surface area contributed by atoms with Crippen molar-refractivity contribution in [3.63, 3.8) is 0 Å². The summed E-state index contributed by atoms with van der Waals surface area (Å²) in [5.74, 6) is -1.55. The number of amides is 1. The molecule has 0 spiro atoms. The lowest BCUT2D eigenvalue weighted by Gasteiger charge is -2.00. The molecule has 1 aromatic rings. The molecule has 1 aliphatic carbocycles. The summed E-state index contributed by atoms with van der Waals surface area (Å²) < 4.78 is 0. The van der Waals surface area contributed by atoms with Crippen molar-refractivity contribution < 1.29 is 14.7 Å². The largest absolute Gasteiger partial charge is 0.478 e. The van der Waals surface area contributed by atoms with E-state index in [1.54, 1.807) is 0 Å². The van der Waals surface area contributed by atoms with E-state index < -0.39 is 11.9 Å². The first-order valence-corrected chi connectivity index (χ1v) is 4.26. The van der Waals surface area contributed by atoms with E-state index in [-0.39, 0.29) is 17.3 Å². The third kappa shape index (κ3) is 1.59. The summed E-state index contributed by atoms with van der Waals surface area (Å²) in [6, 6.07) is 0.201. The highest BCUT2D eigenvalue weighted by Gasteiger charge is 2.26. The van der Waals surface area contributed by atoms with Crippen molar-refractivity contribution in [1.29, 1.82) is 0 Å². The number of nitrogens with zero attached hydrogens (tertiary/aromatic N) is 1. The van der Waals surface area contributed by atoms with Gasteiger partial charge >= 0.3 is 5.97 Å². The number of H-pyrrole nitrogens is 1. The quantitative estimate of drug-likeness (QED) is 0.632. The topological polar surface area (TPSA) is 95.1 Å². The fraction of sp³-hybridized carbons (Fsp3) is 0.375. The summed E-state index contributed by atoms with van der Waals surface area (Å²) in [4.78, 5) is 22.1. The molecule has 1 aliphatic rings. The van der Waals surface area contributed by atoms with Crippen LogP contribution < -0.4 is 5.32 Å². The van der Waals surface area contributed by atoms with Gasteiger partial charge in [-0.25, -0.2) is 4.79 Å². The van der Waals surface area contributed by atoms with Crippen LogP contribution in [0.5, 0.6) is 0 Å². The van der Waals surface area contributed by atoms with Crippen LogP contribution in [0.3, 0.4) is 0 Å². The number of carbonyl (C=O) groups is 2. The number of aromatic nitrogens is 2. The number of hydrogen-bond donors (Lipinski definition) is 3. The average Bonchev–Trinajstić information content (AvgIpc) is 2.81. The van der Waals surface area contributed by atoms with Gasteiger partial charge in [0.2, 0.25) is 0 Å². The molecule has 0 unspecified atom stereocenters. The average molecular weight is 195 g/mol. The Balaban J connectivity index is 2.17. The Bertz CT molecular complexity index is 381. The molecule has 1 aromatic heterocycles. The minimum absolute atomic E-state index is 0.0180. The van der Waals surface area contributed by atoms with Crippen LogP contribution in [0.4, 0.5) is 0 Å². The van der Waals surface area contributed by atoms with Crippen molar-refractivity contribution in [3.05, 3.63) is 17.5 Å². The second kappa shape index (κ2) is 3.13. The van der Waals surface area contributed by atoms with Gasteiger partial charge in [-0.15, -0.1) is 0 Å². The van der Waals surface area contributed by atoms with E-state index in [0.717, 1.165) is 19.0 Å². The molecular formula is C8H9N3O3. The van der Waals surface area contributed by atoms with Crippen molar-refractivity contribution in [3.8, 4) is 0 Å². The number of hydrogen-bond acceptors (Lipinski definition) is 3. The van der Waals surface area contributed by atoms with Crippen molar-refractivity contribution in [2.24, 2.45) is 0 Å². The van der Waals surface area contributed by atoms with Crippen LogP contribution in [0.25, 0.3) is 0 Å². The van der Waals surface area contributed by atoms with Gasteiger partial charge in [0, 0.05) is 6.04 Å². The fourth-order valence-electron chi connectivity index (χ4n) is 1.11. The molecule has 6 nitrogen and oxygen atoms in total. The Hall–Kier alpha value is -1.85. The molecule has 0 atom stereocenters. The molecule has 1 saturated carbocycles. The summed E-state index contributed by atoms with van der Waals surface area (Å²) in [5, 5.41) is 17.3. The van der Waals surface area contributed by atoms with Crippen LogP contribution in [0, 0.1) is 0 Å². The molecule has 74 valence electrons. The Kier molecular flexibility index (Phi) is 1.95. The number of carboxylic acids is 1. The molecule has 0 aliphatic heterocycles. The first kappa shape index (κ1) is 8.74. The Morgan fingerprint density at radius 3 is 2.86 bits per heavy atom. The minimum Gasteiger partial charge on any atom is -0.478 e. The fourth-order valence-corrected chi connectivity index (χ4v) is 1.11. The Morgan fingerprint density at radius 2 is 2.29 bits per heavy atom. The van der Waals surface area contributed by atoms with E-state index >= 15 is 0 Å². The SMILES string of the molecule is O=C(O)c1cn[nH]c1C(=O)NC1CC1. The molecule has 0 saturated heterocycles. The Morgan fingerprint density at radius 1 is 1.57 bits per heavy atom. The van der Waals surface area contributed by atoms with Gasteiger partial charge in [-0.05, 0) is 12.8 Å². The highest BCUT2D eigenvalue weighted by atomic mass is 16.4. The number of rotatable bonds is 3. The van der Waals surface area contributed by atoms with Crippen LogP contribution in [-0.2, 0) is 0 Å². The third-order valence-corrected chi connectivity index (χ3v) is 2.01. The van der Waals surface area contributed by atoms with Crippen molar-refractivity contribution in [1.82, 2.24) is 15.5 Å². The Labute approximate surface area is 79.3 Å². The number of carboxylic acid groups (broad SMARTS) is 1. The van der Waals surface area contributed by atoms with Crippen LogP contribution in [0.15, 0.2) is 6.20 Å². The summed E-state index contributed by atoms with van der Waals surface area (Å²) >= 11 is 0. The van der Waals surface area contributed by atoms with E-state index in [1.165, 1.54) is 0 Å². The molecule has 0 radical (unpaired) electrons. The van der Waals surface area contributed by atoms with E-state index in [9.17, 15) is 9.59 Å². The second-order valence-corrected chi connectivity index (χ2v) is 3.21. The highest BCUT2D eigenvalue weighted by Crippen LogP contribution is 2.19. The standard InChI is InChI=1S/C8H9N3O3/c12-7(10-4-1-2-4)6-5(8(13)14)3-9-11-6/h3-4H,1-2H2,(H,9,11)(H,10,12)(H,13,14). The molecule has 1 amide bonds. The molecule has 0 aromatic carbocycles. The van der Waals surface area contributed by atoms with Gasteiger partial charge < -0.3 is 10.4 Å². The third-order valence-electron chi connectivity index (χ3n) is 2.01. The van der Waals surface area contributed by atoms with Gasteiger partial charge in [0.15, 0.2) is 0 Å². The molecule has 1 heterocycles. The summed E-state index contributed by atoms with van der Waals surface area (Å²) in [6.07, 6.45) is 3.05. The predicted octanol–water partition coefficient (Wildman–Crippen LogP) is 0.0001000. The van der Waals surface area contributed by atoms with Crippen LogP contribution in [0.1, 0.15) is 33.7 Å². The first-order chi connectivity index (χ1) is 6.68. The van der Waals surface area contributed by atoms with Crippen molar-refractivity contribution in [2.45, 2.75) is 18.9 Å². The maximum absolute atomic E-state index is 11.4. The van der Waals surface area contributed by atoms with Gasteiger partial charge in [-0.1, -0.05) is 0 Å². The number of nitrogens with one attached hydrogen (secondary N) is 2. The maximum Gasteiger partial charge on any atom is 0.339 e. The van der Waals surface area contributed by atoms with E-state index in [0.29, 0.717) is 0 Å². The van der Waals surface area contributed by atoms with E-state index in [1.807, 2.05) is 0 Å². The zero-order chi connectivity index (χ0) is 10.1. The predicted molar refractivity (Wildman–Crippen MR) is 46.0 cm³/mol. The summed E-state index contributed by atoms with van der Waals surface area (Å²) in [5.41, 5.74) is -0.0763. The normalized spacial score (nSPS) is 15.1. The summed E-state index contributed by atoms with van der Waals surface area (Å²) in [7, 11) is 0. The molecule has 3 N–H and O–H groups in total. The summed E-state index contributed by atoms with van der Waals surface area (Å²) in [6.45, 7) is 0. The molecular weight excluding hydrogens is 186 g/mol. The van der Waals surface area contributed by atoms with E-state index in [2.05, 4.69) is 15.5 Å². The zero-order valence-electron chi connectivity index (χ0n) is 7.28. The molecule has 2 rings (SSSR count). The number of aromatic carboxylic acids is 1. The smallest absolute Gasteiger partial charge is 0.339 e. The lowest BCUT2D eigenvalue weighted by atomic mass is 10.2. The van der Waals surface area contributed by atoms with E-state index in [4.69, 9.17) is 5.11 Å². The molecule has 0 bridgehead atoms. The second-order valence-electron chi connectivity index (χ2n) is 3.21. The van der Waals surface area contributed by atoms with Crippen LogP contribution in [0.2, 0.25) is 0 Å². The lowest BCUT2D eigenvalue weighted by molar-refractivity contribution is 0.0691. The highest BCUT2D eigenvalue weighted by molar-refractivity contribution is 6.03. The minimum atomic E-state index is -1.15.